The third kappa shape index (κ3) is 7.88. The first kappa shape index (κ1) is 17.1. The van der Waals surface area contributed by atoms with Crippen LogP contribution in [0.3, 0.4) is 0 Å². The van der Waals surface area contributed by atoms with Crippen molar-refractivity contribution in [2.75, 3.05) is 12.5 Å². The highest BCUT2D eigenvalue weighted by atomic mass is 28.4. The lowest BCUT2D eigenvalue weighted by Crippen LogP contribution is -2.46. The van der Waals surface area contributed by atoms with Gasteiger partial charge in [0.1, 0.15) is 0 Å². The van der Waals surface area contributed by atoms with Gasteiger partial charge in [0.05, 0.1) is 14.3 Å². The summed E-state index contributed by atoms with van der Waals surface area (Å²) >= 11 is 0. The summed E-state index contributed by atoms with van der Waals surface area (Å²) < 4.78 is 12.1. The van der Waals surface area contributed by atoms with Crippen LogP contribution in [-0.2, 0) is 8.85 Å². The van der Waals surface area contributed by atoms with Crippen molar-refractivity contribution in [2.24, 2.45) is 0 Å². The van der Waals surface area contributed by atoms with Crippen LogP contribution in [0.4, 0.5) is 0 Å². The van der Waals surface area contributed by atoms with Crippen molar-refractivity contribution in [2.45, 2.75) is 39.3 Å². The molecule has 0 N–H and O–H groups in total. The fourth-order valence-corrected chi connectivity index (χ4v) is 7.15. The number of hydrogen-bond donors (Lipinski definition) is 0. The molecule has 0 radical (unpaired) electrons. The maximum absolute atomic E-state index is 6.12. The lowest BCUT2D eigenvalue weighted by molar-refractivity contribution is 0.303. The van der Waals surface area contributed by atoms with Gasteiger partial charge in [-0.1, -0.05) is 24.5 Å². The highest BCUT2D eigenvalue weighted by molar-refractivity contribution is 6.83. The standard InChI is InChI=1S/C12H28O2Si3/c1-9-15(3,4)11-13-17(7,8)12-14-16(5,6)10-2/h9-10H,1-2,11-12H2,3-8H3. The molecule has 0 rings (SSSR count). The Morgan fingerprint density at radius 2 is 1.35 bits per heavy atom. The van der Waals surface area contributed by atoms with Crippen molar-refractivity contribution in [3.63, 3.8) is 0 Å². The van der Waals surface area contributed by atoms with Gasteiger partial charge in [-0.3, -0.25) is 0 Å². The Morgan fingerprint density at radius 3 is 1.76 bits per heavy atom. The number of hydrogen-bond acceptors (Lipinski definition) is 2. The second-order valence-corrected chi connectivity index (χ2v) is 19.0. The molecule has 5 heteroatoms. The van der Waals surface area contributed by atoms with E-state index < -0.39 is 24.7 Å². The fourth-order valence-electron chi connectivity index (χ4n) is 0.901. The van der Waals surface area contributed by atoms with Gasteiger partial charge in [0, 0.05) is 6.23 Å². The summed E-state index contributed by atoms with van der Waals surface area (Å²) in [4.78, 5) is 0. The van der Waals surface area contributed by atoms with Crippen LogP contribution >= 0.6 is 0 Å². The molecule has 0 fully saturated rings. The molecule has 0 unspecified atom stereocenters. The van der Waals surface area contributed by atoms with Gasteiger partial charge in [-0.25, -0.2) is 0 Å². The SMILES string of the molecule is C=C[Si](C)(C)CO[Si](C)(C)CO[Si](C)(C)C=C. The van der Waals surface area contributed by atoms with Crippen molar-refractivity contribution in [1.29, 1.82) is 0 Å². The summed E-state index contributed by atoms with van der Waals surface area (Å²) in [5.74, 6) is 0. The largest absolute Gasteiger partial charge is 0.418 e. The molecule has 0 aromatic heterocycles. The van der Waals surface area contributed by atoms with E-state index in [2.05, 4.69) is 58.1 Å². The molecule has 17 heavy (non-hydrogen) atoms. The smallest absolute Gasteiger partial charge is 0.210 e. The van der Waals surface area contributed by atoms with Crippen LogP contribution in [0.25, 0.3) is 0 Å². The molecule has 2 nitrogen and oxygen atoms in total. The molecular formula is C12H28O2Si3. The normalized spacial score (nSPS) is 13.5. The molecule has 0 atom stereocenters. The van der Waals surface area contributed by atoms with Crippen LogP contribution in [0.5, 0.6) is 0 Å². The third-order valence-corrected chi connectivity index (χ3v) is 8.88. The minimum atomic E-state index is -1.70. The maximum Gasteiger partial charge on any atom is 0.210 e. The monoisotopic (exact) mass is 288 g/mol. The van der Waals surface area contributed by atoms with Crippen molar-refractivity contribution in [3.8, 4) is 0 Å². The Labute approximate surface area is 110 Å². The summed E-state index contributed by atoms with van der Waals surface area (Å²) in [7, 11) is -4.72. The molecule has 0 aromatic carbocycles. The van der Waals surface area contributed by atoms with Gasteiger partial charge in [-0.05, 0) is 26.2 Å². The van der Waals surface area contributed by atoms with Crippen LogP contribution in [0.15, 0.2) is 24.6 Å². The minimum absolute atomic E-state index is 0.764. The zero-order chi connectivity index (χ0) is 13.7. The Balaban J connectivity index is 4.21. The van der Waals surface area contributed by atoms with Crippen LogP contribution in [0.2, 0.25) is 39.3 Å². The second kappa shape index (κ2) is 6.29. The molecule has 0 aliphatic rings. The molecule has 0 aliphatic carbocycles. The van der Waals surface area contributed by atoms with Crippen LogP contribution in [-0.4, -0.2) is 37.2 Å². The van der Waals surface area contributed by atoms with E-state index in [1.165, 1.54) is 0 Å². The summed E-state index contributed by atoms with van der Waals surface area (Å²) in [6, 6.07) is 0. The van der Waals surface area contributed by atoms with Crippen molar-refractivity contribution in [1.82, 2.24) is 0 Å². The Hall–Kier alpha value is 0.0506. The number of rotatable bonds is 8. The van der Waals surface area contributed by atoms with Gasteiger partial charge >= 0.3 is 0 Å². The Kier molecular flexibility index (Phi) is 6.30. The van der Waals surface area contributed by atoms with E-state index in [0.717, 1.165) is 12.5 Å². The Morgan fingerprint density at radius 1 is 0.824 bits per heavy atom. The second-order valence-electron chi connectivity index (χ2n) is 6.34. The van der Waals surface area contributed by atoms with Crippen LogP contribution < -0.4 is 0 Å². The summed E-state index contributed by atoms with van der Waals surface area (Å²) in [6.07, 6.45) is 1.62. The lowest BCUT2D eigenvalue weighted by atomic mass is 11.3. The van der Waals surface area contributed by atoms with E-state index in [1.807, 2.05) is 5.70 Å². The zero-order valence-electron chi connectivity index (χ0n) is 12.3. The van der Waals surface area contributed by atoms with Gasteiger partial charge in [-0.2, -0.15) is 0 Å². The highest BCUT2D eigenvalue weighted by Gasteiger charge is 2.30. The van der Waals surface area contributed by atoms with E-state index in [1.54, 1.807) is 0 Å². The molecule has 0 saturated heterocycles. The third-order valence-electron chi connectivity index (χ3n) is 2.67. The minimum Gasteiger partial charge on any atom is -0.418 e. The van der Waals surface area contributed by atoms with E-state index in [-0.39, 0.29) is 0 Å². The topological polar surface area (TPSA) is 18.5 Å². The van der Waals surface area contributed by atoms with Crippen molar-refractivity contribution >= 4 is 24.7 Å². The average Bonchev–Trinajstić information content (AvgIpc) is 2.25. The van der Waals surface area contributed by atoms with E-state index >= 15 is 0 Å². The zero-order valence-corrected chi connectivity index (χ0v) is 15.3. The average molecular weight is 289 g/mol. The fraction of sp³-hybridized carbons (Fsp3) is 0.667. The predicted octanol–water partition coefficient (Wildman–Crippen LogP) is 3.67. The van der Waals surface area contributed by atoms with Crippen molar-refractivity contribution < 1.29 is 8.85 Å². The van der Waals surface area contributed by atoms with Gasteiger partial charge in [0.2, 0.25) is 16.6 Å². The van der Waals surface area contributed by atoms with Crippen LogP contribution in [0.1, 0.15) is 0 Å². The van der Waals surface area contributed by atoms with Gasteiger partial charge in [-0.15, -0.1) is 13.2 Å². The summed E-state index contributed by atoms with van der Waals surface area (Å²) in [5.41, 5.74) is 4.06. The van der Waals surface area contributed by atoms with Crippen LogP contribution in [0, 0.1) is 0 Å². The summed E-state index contributed by atoms with van der Waals surface area (Å²) in [5, 5.41) is 0. The molecule has 0 aliphatic heterocycles. The predicted molar refractivity (Wildman–Crippen MR) is 84.7 cm³/mol. The molecule has 0 spiro atoms. The molecular weight excluding hydrogens is 260 g/mol. The summed E-state index contributed by atoms with van der Waals surface area (Å²) in [6.45, 7) is 21.0. The van der Waals surface area contributed by atoms with Gasteiger partial charge in [0.15, 0.2) is 0 Å². The molecule has 0 bridgehead atoms. The van der Waals surface area contributed by atoms with E-state index in [9.17, 15) is 0 Å². The first-order chi connectivity index (χ1) is 7.54. The maximum atomic E-state index is 6.12. The molecule has 0 aromatic rings. The Bertz CT molecular complexity index is 247. The van der Waals surface area contributed by atoms with Gasteiger partial charge < -0.3 is 8.85 Å². The molecule has 100 valence electrons. The quantitative estimate of drug-likeness (QED) is 0.635. The lowest BCUT2D eigenvalue weighted by Gasteiger charge is -2.30. The molecule has 0 amide bonds. The first-order valence-electron chi connectivity index (χ1n) is 6.09. The first-order valence-corrected chi connectivity index (χ1v) is 15.5. The van der Waals surface area contributed by atoms with E-state index in [0.29, 0.717) is 0 Å². The van der Waals surface area contributed by atoms with E-state index in [4.69, 9.17) is 8.85 Å². The van der Waals surface area contributed by atoms with Gasteiger partial charge in [0.25, 0.3) is 0 Å². The molecule has 0 heterocycles. The molecule has 0 saturated carbocycles. The highest BCUT2D eigenvalue weighted by Crippen LogP contribution is 2.14. The van der Waals surface area contributed by atoms with Crippen molar-refractivity contribution in [3.05, 3.63) is 24.6 Å².